The summed E-state index contributed by atoms with van der Waals surface area (Å²) >= 11 is 0. The van der Waals surface area contributed by atoms with E-state index in [9.17, 15) is 10.1 Å². The van der Waals surface area contributed by atoms with Gasteiger partial charge in [-0.2, -0.15) is 0 Å². The summed E-state index contributed by atoms with van der Waals surface area (Å²) in [5.74, 6) is 5.87. The molecule has 8 nitrogen and oxygen atoms in total. The van der Waals surface area contributed by atoms with Crippen LogP contribution >= 0.6 is 0 Å². The van der Waals surface area contributed by atoms with Crippen LogP contribution in [0.15, 0.2) is 12.1 Å². The Balaban J connectivity index is 2.82. The van der Waals surface area contributed by atoms with Crippen LogP contribution in [0.3, 0.4) is 0 Å². The number of anilines is 2. The lowest BCUT2D eigenvalue weighted by Gasteiger charge is -2.17. The lowest BCUT2D eigenvalue weighted by atomic mass is 10.2. The summed E-state index contributed by atoms with van der Waals surface area (Å²) in [6.45, 7) is 2.84. The Bertz CT molecular complexity index is 437. The quantitative estimate of drug-likeness (QED) is 0.385. The van der Waals surface area contributed by atoms with E-state index >= 15 is 0 Å². The maximum atomic E-state index is 10.9. The third kappa shape index (κ3) is 4.68. The van der Waals surface area contributed by atoms with Crippen molar-refractivity contribution in [2.45, 2.75) is 19.4 Å². The van der Waals surface area contributed by atoms with Gasteiger partial charge in [0.1, 0.15) is 5.82 Å². The van der Waals surface area contributed by atoms with Gasteiger partial charge in [0.25, 0.3) is 0 Å². The van der Waals surface area contributed by atoms with Crippen LogP contribution in [0.1, 0.15) is 13.3 Å². The van der Waals surface area contributed by atoms with Crippen molar-refractivity contribution < 1.29 is 4.92 Å². The van der Waals surface area contributed by atoms with Gasteiger partial charge >= 0.3 is 5.69 Å². The minimum Gasteiger partial charge on any atom is -0.362 e. The molecule has 1 atom stereocenters. The van der Waals surface area contributed by atoms with E-state index in [1.165, 1.54) is 12.1 Å². The van der Waals surface area contributed by atoms with Crippen molar-refractivity contribution in [3.63, 3.8) is 0 Å². The monoisotopic (exact) mass is 268 g/mol. The third-order valence-electron chi connectivity index (χ3n) is 2.61. The number of hydrogen-bond donors (Lipinski definition) is 3. The summed E-state index contributed by atoms with van der Waals surface area (Å²) in [7, 11) is 3.96. The van der Waals surface area contributed by atoms with E-state index in [-0.39, 0.29) is 17.5 Å². The van der Waals surface area contributed by atoms with Crippen molar-refractivity contribution in [3.05, 3.63) is 22.2 Å². The predicted octanol–water partition coefficient (Wildman–Crippen LogP) is 1.03. The highest BCUT2D eigenvalue weighted by molar-refractivity contribution is 5.60. The molecular weight excluding hydrogens is 248 g/mol. The second-order valence-electron chi connectivity index (χ2n) is 4.60. The number of nitrogen functional groups attached to an aromatic ring is 1. The molecular formula is C11H20N6O2. The summed E-state index contributed by atoms with van der Waals surface area (Å²) in [5.41, 5.74) is 2.32. The van der Waals surface area contributed by atoms with Crippen molar-refractivity contribution in [3.8, 4) is 0 Å². The topological polar surface area (TPSA) is 109 Å². The molecule has 106 valence electrons. The van der Waals surface area contributed by atoms with Crippen LogP contribution in [0, 0.1) is 10.1 Å². The molecule has 0 aliphatic heterocycles. The molecule has 0 spiro atoms. The number of nitrogens with one attached hydrogen (secondary N) is 2. The number of nitrogens with zero attached hydrogens (tertiary/aromatic N) is 3. The molecule has 1 aromatic heterocycles. The summed E-state index contributed by atoms with van der Waals surface area (Å²) in [6.07, 6.45) is 0.853. The number of rotatable bonds is 7. The molecule has 0 aliphatic rings. The standard InChI is InChI=1S/C11H20N6O2/c1-8(6-7-16(2)3)13-11-9(17(18)19)4-5-10(14-11)15-12/h4-5,8H,6-7,12H2,1-3H3,(H2,13,14,15). The van der Waals surface area contributed by atoms with Gasteiger partial charge in [-0.1, -0.05) is 0 Å². The number of nitro groups is 1. The predicted molar refractivity (Wildman–Crippen MR) is 75.0 cm³/mol. The van der Waals surface area contributed by atoms with E-state index in [1.54, 1.807) is 0 Å². The van der Waals surface area contributed by atoms with E-state index < -0.39 is 4.92 Å². The molecule has 19 heavy (non-hydrogen) atoms. The van der Waals surface area contributed by atoms with Crippen molar-refractivity contribution in [1.82, 2.24) is 9.88 Å². The lowest BCUT2D eigenvalue weighted by molar-refractivity contribution is -0.384. The van der Waals surface area contributed by atoms with Gasteiger partial charge in [0, 0.05) is 12.1 Å². The van der Waals surface area contributed by atoms with Gasteiger partial charge in [-0.3, -0.25) is 10.1 Å². The minimum atomic E-state index is -0.464. The van der Waals surface area contributed by atoms with Crippen LogP contribution in [-0.2, 0) is 0 Å². The lowest BCUT2D eigenvalue weighted by Crippen LogP contribution is -2.24. The molecule has 1 heterocycles. The Labute approximate surface area is 112 Å². The first-order chi connectivity index (χ1) is 8.93. The highest BCUT2D eigenvalue weighted by Gasteiger charge is 2.17. The number of hydrogen-bond acceptors (Lipinski definition) is 7. The van der Waals surface area contributed by atoms with Crippen LogP contribution in [0.4, 0.5) is 17.3 Å². The first-order valence-corrected chi connectivity index (χ1v) is 5.97. The molecule has 8 heteroatoms. The third-order valence-corrected chi connectivity index (χ3v) is 2.61. The zero-order chi connectivity index (χ0) is 14.4. The van der Waals surface area contributed by atoms with E-state index in [1.807, 2.05) is 21.0 Å². The van der Waals surface area contributed by atoms with Gasteiger partial charge in [-0.05, 0) is 40.1 Å². The minimum absolute atomic E-state index is 0.0595. The van der Waals surface area contributed by atoms with Gasteiger partial charge in [0.15, 0.2) is 0 Å². The van der Waals surface area contributed by atoms with Crippen molar-refractivity contribution in [2.75, 3.05) is 31.4 Å². The average Bonchev–Trinajstić information content (AvgIpc) is 2.35. The number of aromatic nitrogens is 1. The number of pyridine rings is 1. The SMILES string of the molecule is CC(CCN(C)C)Nc1nc(NN)ccc1[N+](=O)[O-]. The second-order valence-corrected chi connectivity index (χ2v) is 4.60. The highest BCUT2D eigenvalue weighted by Crippen LogP contribution is 2.24. The molecule has 0 aliphatic carbocycles. The van der Waals surface area contributed by atoms with Crippen LogP contribution < -0.4 is 16.6 Å². The molecule has 1 rings (SSSR count). The molecule has 0 saturated carbocycles. The fraction of sp³-hybridized carbons (Fsp3) is 0.545. The van der Waals surface area contributed by atoms with Gasteiger partial charge in [0.05, 0.1) is 4.92 Å². The Kier molecular flexibility index (Phi) is 5.46. The van der Waals surface area contributed by atoms with Crippen molar-refractivity contribution >= 4 is 17.3 Å². The summed E-state index contributed by atoms with van der Waals surface area (Å²) in [6, 6.07) is 2.92. The van der Waals surface area contributed by atoms with E-state index in [4.69, 9.17) is 5.84 Å². The maximum absolute atomic E-state index is 10.9. The van der Waals surface area contributed by atoms with Crippen LogP contribution in [-0.4, -0.2) is 41.5 Å². The molecule has 0 radical (unpaired) electrons. The molecule has 0 bridgehead atoms. The fourth-order valence-electron chi connectivity index (χ4n) is 1.54. The highest BCUT2D eigenvalue weighted by atomic mass is 16.6. The van der Waals surface area contributed by atoms with Crippen molar-refractivity contribution in [2.24, 2.45) is 5.84 Å². The van der Waals surface area contributed by atoms with Crippen LogP contribution in [0.5, 0.6) is 0 Å². The Morgan fingerprint density at radius 1 is 1.53 bits per heavy atom. The molecule has 1 aromatic rings. The first-order valence-electron chi connectivity index (χ1n) is 5.97. The van der Waals surface area contributed by atoms with E-state index in [0.717, 1.165) is 13.0 Å². The Morgan fingerprint density at radius 2 is 2.21 bits per heavy atom. The van der Waals surface area contributed by atoms with Crippen molar-refractivity contribution in [1.29, 1.82) is 0 Å². The Morgan fingerprint density at radius 3 is 2.74 bits per heavy atom. The summed E-state index contributed by atoms with van der Waals surface area (Å²) < 4.78 is 0. The number of nitrogens with two attached hydrogens (primary N) is 1. The first kappa shape index (κ1) is 15.1. The largest absolute Gasteiger partial charge is 0.362 e. The average molecular weight is 268 g/mol. The van der Waals surface area contributed by atoms with Gasteiger partial charge < -0.3 is 15.6 Å². The van der Waals surface area contributed by atoms with E-state index in [0.29, 0.717) is 5.82 Å². The molecule has 0 saturated heterocycles. The van der Waals surface area contributed by atoms with Gasteiger partial charge in [-0.25, -0.2) is 10.8 Å². The smallest absolute Gasteiger partial charge is 0.311 e. The molecule has 0 amide bonds. The van der Waals surface area contributed by atoms with Crippen LogP contribution in [0.25, 0.3) is 0 Å². The summed E-state index contributed by atoms with van der Waals surface area (Å²) in [4.78, 5) is 16.6. The normalized spacial score (nSPS) is 12.3. The second kappa shape index (κ2) is 6.86. The zero-order valence-electron chi connectivity index (χ0n) is 11.4. The van der Waals surface area contributed by atoms with Crippen LogP contribution in [0.2, 0.25) is 0 Å². The molecule has 1 unspecified atom stereocenters. The zero-order valence-corrected chi connectivity index (χ0v) is 11.4. The Hall–Kier alpha value is -1.93. The van der Waals surface area contributed by atoms with E-state index in [2.05, 4.69) is 20.6 Å². The maximum Gasteiger partial charge on any atom is 0.311 e. The number of hydrazine groups is 1. The molecule has 0 fully saturated rings. The molecule has 0 aromatic carbocycles. The van der Waals surface area contributed by atoms with Gasteiger partial charge in [-0.15, -0.1) is 0 Å². The van der Waals surface area contributed by atoms with Gasteiger partial charge in [0.2, 0.25) is 5.82 Å². The molecule has 4 N–H and O–H groups in total. The fourth-order valence-corrected chi connectivity index (χ4v) is 1.54. The summed E-state index contributed by atoms with van der Waals surface area (Å²) in [5, 5.41) is 14.0.